The van der Waals surface area contributed by atoms with Gasteiger partial charge in [-0.1, -0.05) is 29.2 Å². The number of hydrogen-bond donors (Lipinski definition) is 1. The number of hydrogen-bond acceptors (Lipinski definition) is 5. The van der Waals surface area contributed by atoms with E-state index in [-0.39, 0.29) is 5.82 Å². The van der Waals surface area contributed by atoms with Crippen LogP contribution < -0.4 is 5.73 Å². The second kappa shape index (κ2) is 5.57. The third-order valence-corrected chi connectivity index (χ3v) is 4.27. The summed E-state index contributed by atoms with van der Waals surface area (Å²) in [6, 6.07) is 4.70. The molecular formula is C11H12FN3S2. The Kier molecular flexibility index (Phi) is 4.09. The normalized spacial score (nSPS) is 10.8. The van der Waals surface area contributed by atoms with Gasteiger partial charge in [-0.05, 0) is 30.2 Å². The average molecular weight is 269 g/mol. The van der Waals surface area contributed by atoms with Crippen LogP contribution in [-0.2, 0) is 12.3 Å². The molecule has 1 aromatic carbocycles. The van der Waals surface area contributed by atoms with Gasteiger partial charge in [0.25, 0.3) is 0 Å². The van der Waals surface area contributed by atoms with Gasteiger partial charge in [-0.2, -0.15) is 0 Å². The molecule has 0 saturated heterocycles. The molecule has 1 heterocycles. The van der Waals surface area contributed by atoms with Crippen LogP contribution in [0.4, 0.5) is 4.39 Å². The summed E-state index contributed by atoms with van der Waals surface area (Å²) in [6.45, 7) is 2.33. The SMILES string of the molecule is Cc1nnc(SCc2cc(F)ccc2CN)s1. The van der Waals surface area contributed by atoms with Crippen molar-refractivity contribution in [2.45, 2.75) is 23.6 Å². The van der Waals surface area contributed by atoms with Gasteiger partial charge >= 0.3 is 0 Å². The zero-order valence-electron chi connectivity index (χ0n) is 9.31. The summed E-state index contributed by atoms with van der Waals surface area (Å²) in [5.41, 5.74) is 7.51. The predicted molar refractivity (Wildman–Crippen MR) is 68.5 cm³/mol. The fourth-order valence-electron chi connectivity index (χ4n) is 1.40. The Bertz CT molecular complexity index is 513. The molecular weight excluding hydrogens is 257 g/mol. The molecule has 0 spiro atoms. The molecule has 6 heteroatoms. The minimum atomic E-state index is -0.230. The van der Waals surface area contributed by atoms with Gasteiger partial charge in [0.2, 0.25) is 0 Å². The first kappa shape index (κ1) is 12.5. The molecule has 0 unspecified atom stereocenters. The van der Waals surface area contributed by atoms with E-state index >= 15 is 0 Å². The summed E-state index contributed by atoms with van der Waals surface area (Å²) >= 11 is 3.10. The van der Waals surface area contributed by atoms with Gasteiger partial charge in [0.05, 0.1) is 0 Å². The van der Waals surface area contributed by atoms with Gasteiger partial charge < -0.3 is 5.73 Å². The van der Waals surface area contributed by atoms with Crippen molar-refractivity contribution in [1.82, 2.24) is 10.2 Å². The number of nitrogens with two attached hydrogens (primary N) is 1. The maximum absolute atomic E-state index is 13.1. The highest BCUT2D eigenvalue weighted by molar-refractivity contribution is 8.00. The Morgan fingerprint density at radius 3 is 2.82 bits per heavy atom. The van der Waals surface area contributed by atoms with E-state index in [0.29, 0.717) is 12.3 Å². The lowest BCUT2D eigenvalue weighted by atomic mass is 10.1. The molecule has 1 aromatic heterocycles. The Morgan fingerprint density at radius 2 is 2.18 bits per heavy atom. The van der Waals surface area contributed by atoms with Crippen molar-refractivity contribution in [1.29, 1.82) is 0 Å². The van der Waals surface area contributed by atoms with Crippen LogP contribution in [0.2, 0.25) is 0 Å². The Hall–Kier alpha value is -0.980. The fourth-order valence-corrected chi connectivity index (χ4v) is 3.24. The van der Waals surface area contributed by atoms with Crippen molar-refractivity contribution >= 4 is 23.1 Å². The number of halogens is 1. The van der Waals surface area contributed by atoms with Crippen LogP contribution in [0.5, 0.6) is 0 Å². The van der Waals surface area contributed by atoms with Gasteiger partial charge in [0, 0.05) is 12.3 Å². The first-order valence-corrected chi connectivity index (χ1v) is 6.89. The Balaban J connectivity index is 2.10. The topological polar surface area (TPSA) is 51.8 Å². The van der Waals surface area contributed by atoms with E-state index in [2.05, 4.69) is 10.2 Å². The molecule has 0 aliphatic carbocycles. The molecule has 0 fully saturated rings. The quantitative estimate of drug-likeness (QED) is 0.867. The van der Waals surface area contributed by atoms with Crippen molar-refractivity contribution in [3.8, 4) is 0 Å². The third kappa shape index (κ3) is 3.24. The highest BCUT2D eigenvalue weighted by atomic mass is 32.2. The van der Waals surface area contributed by atoms with Crippen LogP contribution in [0.1, 0.15) is 16.1 Å². The Morgan fingerprint density at radius 1 is 1.35 bits per heavy atom. The highest BCUT2D eigenvalue weighted by Crippen LogP contribution is 2.27. The van der Waals surface area contributed by atoms with Crippen LogP contribution in [0, 0.1) is 12.7 Å². The smallest absolute Gasteiger partial charge is 0.174 e. The second-order valence-electron chi connectivity index (χ2n) is 3.49. The number of benzene rings is 1. The monoisotopic (exact) mass is 269 g/mol. The van der Waals surface area contributed by atoms with Gasteiger partial charge in [0.1, 0.15) is 10.8 Å². The highest BCUT2D eigenvalue weighted by Gasteiger charge is 2.06. The molecule has 0 aliphatic rings. The maximum Gasteiger partial charge on any atom is 0.174 e. The zero-order chi connectivity index (χ0) is 12.3. The number of rotatable bonds is 4. The minimum Gasteiger partial charge on any atom is -0.326 e. The molecule has 17 heavy (non-hydrogen) atoms. The molecule has 0 amide bonds. The third-order valence-electron chi connectivity index (χ3n) is 2.25. The molecule has 2 N–H and O–H groups in total. The summed E-state index contributed by atoms with van der Waals surface area (Å²) in [7, 11) is 0. The van der Waals surface area contributed by atoms with Crippen molar-refractivity contribution in [2.75, 3.05) is 0 Å². The molecule has 2 rings (SSSR count). The molecule has 3 nitrogen and oxygen atoms in total. The van der Waals surface area contributed by atoms with Crippen LogP contribution >= 0.6 is 23.1 Å². The largest absolute Gasteiger partial charge is 0.326 e. The standard InChI is InChI=1S/C11H12FN3S2/c1-7-14-15-11(17-7)16-6-9-4-10(12)3-2-8(9)5-13/h2-4H,5-6,13H2,1H3. The fraction of sp³-hybridized carbons (Fsp3) is 0.273. The number of thioether (sulfide) groups is 1. The average Bonchev–Trinajstić information content (AvgIpc) is 2.73. The molecule has 0 radical (unpaired) electrons. The number of aromatic nitrogens is 2. The van der Waals surface area contributed by atoms with E-state index in [0.717, 1.165) is 20.5 Å². The molecule has 90 valence electrons. The molecule has 0 saturated carbocycles. The van der Waals surface area contributed by atoms with Crippen molar-refractivity contribution in [3.05, 3.63) is 40.2 Å². The van der Waals surface area contributed by atoms with E-state index in [1.54, 1.807) is 29.2 Å². The van der Waals surface area contributed by atoms with E-state index < -0.39 is 0 Å². The first-order valence-electron chi connectivity index (χ1n) is 5.09. The predicted octanol–water partition coefficient (Wildman–Crippen LogP) is 2.74. The van der Waals surface area contributed by atoms with E-state index in [4.69, 9.17) is 5.73 Å². The molecule has 0 atom stereocenters. The zero-order valence-corrected chi connectivity index (χ0v) is 10.9. The number of aryl methyl sites for hydroxylation is 1. The van der Waals surface area contributed by atoms with Crippen LogP contribution in [-0.4, -0.2) is 10.2 Å². The molecule has 0 aliphatic heterocycles. The van der Waals surface area contributed by atoms with Crippen molar-refractivity contribution in [3.63, 3.8) is 0 Å². The summed E-state index contributed by atoms with van der Waals surface area (Å²) in [5, 5.41) is 8.89. The molecule has 2 aromatic rings. The van der Waals surface area contributed by atoms with Crippen molar-refractivity contribution < 1.29 is 4.39 Å². The van der Waals surface area contributed by atoms with Crippen LogP contribution in [0.3, 0.4) is 0 Å². The minimum absolute atomic E-state index is 0.230. The molecule has 0 bridgehead atoms. The lowest BCUT2D eigenvalue weighted by Crippen LogP contribution is -2.01. The summed E-state index contributed by atoms with van der Waals surface area (Å²) in [4.78, 5) is 0. The van der Waals surface area contributed by atoms with Crippen molar-refractivity contribution in [2.24, 2.45) is 5.73 Å². The summed E-state index contributed by atoms with van der Waals surface area (Å²) in [5.74, 6) is 0.435. The van der Waals surface area contributed by atoms with Crippen LogP contribution in [0.15, 0.2) is 22.5 Å². The van der Waals surface area contributed by atoms with E-state index in [1.165, 1.54) is 12.1 Å². The number of nitrogens with zero attached hydrogens (tertiary/aromatic N) is 2. The summed E-state index contributed by atoms with van der Waals surface area (Å²) < 4.78 is 14.0. The Labute approximate surface area is 107 Å². The maximum atomic E-state index is 13.1. The van der Waals surface area contributed by atoms with Gasteiger partial charge in [-0.15, -0.1) is 10.2 Å². The van der Waals surface area contributed by atoms with Gasteiger partial charge in [-0.3, -0.25) is 0 Å². The van der Waals surface area contributed by atoms with Gasteiger partial charge in [-0.25, -0.2) is 4.39 Å². The lowest BCUT2D eigenvalue weighted by Gasteiger charge is -2.06. The van der Waals surface area contributed by atoms with E-state index in [9.17, 15) is 4.39 Å². The first-order chi connectivity index (χ1) is 8.19. The van der Waals surface area contributed by atoms with Crippen LogP contribution in [0.25, 0.3) is 0 Å². The van der Waals surface area contributed by atoms with Gasteiger partial charge in [0.15, 0.2) is 4.34 Å². The lowest BCUT2D eigenvalue weighted by molar-refractivity contribution is 0.625. The second-order valence-corrected chi connectivity index (χ2v) is 5.90. The summed E-state index contributed by atoms with van der Waals surface area (Å²) in [6.07, 6.45) is 0. The van der Waals surface area contributed by atoms with E-state index in [1.807, 2.05) is 6.92 Å².